The van der Waals surface area contributed by atoms with Crippen molar-refractivity contribution in [2.24, 2.45) is 0 Å². The van der Waals surface area contributed by atoms with E-state index in [9.17, 15) is 4.79 Å². The normalized spacial score (nSPS) is 10.3. The molecule has 0 heterocycles. The fraction of sp³-hybridized carbons (Fsp3) is 0.350. The largest absolute Gasteiger partial charge is 0.493 e. The lowest BCUT2D eigenvalue weighted by Crippen LogP contribution is -2.24. The smallest absolute Gasteiger partial charge is 0.230 e. The molecule has 0 radical (unpaired) electrons. The van der Waals surface area contributed by atoms with Crippen molar-refractivity contribution in [1.82, 2.24) is 5.32 Å². The molecule has 2 aromatic rings. The van der Waals surface area contributed by atoms with E-state index in [1.807, 2.05) is 12.1 Å². The van der Waals surface area contributed by atoms with Gasteiger partial charge in [0.2, 0.25) is 11.7 Å². The average Bonchev–Trinajstić information content (AvgIpc) is 2.64. The van der Waals surface area contributed by atoms with Crippen LogP contribution in [0.1, 0.15) is 16.7 Å². The number of carbonyl (C=O) groups excluding carboxylic acids is 1. The molecule has 1 N–H and O–H groups in total. The molecule has 0 aliphatic heterocycles. The van der Waals surface area contributed by atoms with Gasteiger partial charge in [0.1, 0.15) is 0 Å². The number of methoxy groups -OCH3 is 3. The molecule has 0 bridgehead atoms. The zero-order valence-corrected chi connectivity index (χ0v) is 16.7. The van der Waals surface area contributed by atoms with Crippen LogP contribution in [0.3, 0.4) is 0 Å². The fourth-order valence-electron chi connectivity index (χ4n) is 2.59. The number of ether oxygens (including phenoxy) is 3. The number of amides is 1. The van der Waals surface area contributed by atoms with Crippen molar-refractivity contribution >= 4 is 17.7 Å². The summed E-state index contributed by atoms with van der Waals surface area (Å²) < 4.78 is 16.0. The summed E-state index contributed by atoms with van der Waals surface area (Å²) in [6.45, 7) is 4.51. The maximum Gasteiger partial charge on any atom is 0.230 e. The van der Waals surface area contributed by atoms with E-state index in [0.717, 1.165) is 10.5 Å². The van der Waals surface area contributed by atoms with Crippen LogP contribution < -0.4 is 19.5 Å². The van der Waals surface area contributed by atoms with Gasteiger partial charge in [-0.15, -0.1) is 11.8 Å². The predicted molar refractivity (Wildman–Crippen MR) is 105 cm³/mol. The molecule has 0 unspecified atom stereocenters. The third kappa shape index (κ3) is 5.08. The Balaban J connectivity index is 1.96. The van der Waals surface area contributed by atoms with Gasteiger partial charge in [0, 0.05) is 11.4 Å². The molecule has 140 valence electrons. The Morgan fingerprint density at radius 1 is 1.00 bits per heavy atom. The Morgan fingerprint density at radius 2 is 1.65 bits per heavy atom. The van der Waals surface area contributed by atoms with Gasteiger partial charge in [-0.2, -0.15) is 0 Å². The lowest BCUT2D eigenvalue weighted by molar-refractivity contribution is -0.118. The molecule has 0 spiro atoms. The van der Waals surface area contributed by atoms with Crippen molar-refractivity contribution < 1.29 is 19.0 Å². The summed E-state index contributed by atoms with van der Waals surface area (Å²) in [5.74, 6) is 2.02. The highest BCUT2D eigenvalue weighted by atomic mass is 32.2. The Hall–Kier alpha value is -2.34. The van der Waals surface area contributed by atoms with E-state index in [2.05, 4.69) is 37.4 Å². The quantitative estimate of drug-likeness (QED) is 0.713. The minimum absolute atomic E-state index is 0.0243. The zero-order chi connectivity index (χ0) is 19.1. The maximum absolute atomic E-state index is 12.2. The molecule has 26 heavy (non-hydrogen) atoms. The van der Waals surface area contributed by atoms with Crippen molar-refractivity contribution in [2.75, 3.05) is 27.1 Å². The van der Waals surface area contributed by atoms with E-state index in [0.29, 0.717) is 29.5 Å². The predicted octanol–water partition coefficient (Wildman–Crippen LogP) is 3.74. The van der Waals surface area contributed by atoms with Crippen LogP contribution in [-0.2, 0) is 11.3 Å². The van der Waals surface area contributed by atoms with E-state index in [4.69, 9.17) is 14.2 Å². The Morgan fingerprint density at radius 3 is 2.19 bits per heavy atom. The van der Waals surface area contributed by atoms with E-state index in [-0.39, 0.29) is 5.91 Å². The van der Waals surface area contributed by atoms with Crippen LogP contribution in [0, 0.1) is 13.8 Å². The van der Waals surface area contributed by atoms with E-state index < -0.39 is 0 Å². The van der Waals surface area contributed by atoms with Crippen molar-refractivity contribution in [3.05, 3.63) is 47.0 Å². The molecule has 6 heteroatoms. The summed E-state index contributed by atoms with van der Waals surface area (Å²) in [5.41, 5.74) is 3.29. The summed E-state index contributed by atoms with van der Waals surface area (Å²) in [4.78, 5) is 13.3. The number of hydrogen-bond acceptors (Lipinski definition) is 5. The van der Waals surface area contributed by atoms with Crippen molar-refractivity contribution in [2.45, 2.75) is 25.3 Å². The Kier molecular flexibility index (Phi) is 7.21. The van der Waals surface area contributed by atoms with E-state index >= 15 is 0 Å². The number of carbonyl (C=O) groups is 1. The molecule has 0 aromatic heterocycles. The molecular weight excluding hydrogens is 350 g/mol. The van der Waals surface area contributed by atoms with Crippen LogP contribution in [0.25, 0.3) is 0 Å². The summed E-state index contributed by atoms with van der Waals surface area (Å²) in [5, 5.41) is 2.93. The molecule has 2 aromatic carbocycles. The Labute approximate surface area is 159 Å². The van der Waals surface area contributed by atoms with Gasteiger partial charge < -0.3 is 19.5 Å². The van der Waals surface area contributed by atoms with Gasteiger partial charge in [-0.05, 0) is 43.2 Å². The molecule has 5 nitrogen and oxygen atoms in total. The van der Waals surface area contributed by atoms with Crippen molar-refractivity contribution in [1.29, 1.82) is 0 Å². The van der Waals surface area contributed by atoms with Crippen LogP contribution in [0.5, 0.6) is 17.2 Å². The number of hydrogen-bond donors (Lipinski definition) is 1. The third-order valence-electron chi connectivity index (χ3n) is 3.90. The maximum atomic E-state index is 12.2. The standard InChI is InChI=1S/C20H25NO4S/c1-13-6-7-18(14(2)8-13)26-12-19(22)21-11-15-9-16(23-3)20(25-5)17(10-15)24-4/h6-10H,11-12H2,1-5H3,(H,21,22). The minimum Gasteiger partial charge on any atom is -0.493 e. The summed E-state index contributed by atoms with van der Waals surface area (Å²) in [7, 11) is 4.70. The number of thioether (sulfide) groups is 1. The lowest BCUT2D eigenvalue weighted by atomic mass is 10.2. The van der Waals surface area contributed by atoms with Gasteiger partial charge >= 0.3 is 0 Å². The van der Waals surface area contributed by atoms with Gasteiger partial charge in [0.15, 0.2) is 11.5 Å². The van der Waals surface area contributed by atoms with Crippen molar-refractivity contribution in [3.63, 3.8) is 0 Å². The Bertz CT molecular complexity index is 751. The molecule has 1 amide bonds. The molecule has 0 atom stereocenters. The number of aryl methyl sites for hydroxylation is 2. The van der Waals surface area contributed by atoms with E-state index in [1.54, 1.807) is 21.3 Å². The molecule has 0 fully saturated rings. The topological polar surface area (TPSA) is 56.8 Å². The second-order valence-corrected chi connectivity index (χ2v) is 6.89. The first-order valence-corrected chi connectivity index (χ1v) is 9.22. The highest BCUT2D eigenvalue weighted by Gasteiger charge is 2.13. The minimum atomic E-state index is -0.0243. The van der Waals surface area contributed by atoms with Gasteiger partial charge in [-0.25, -0.2) is 0 Å². The SMILES string of the molecule is COc1cc(CNC(=O)CSc2ccc(C)cc2C)cc(OC)c1OC. The molecule has 0 aliphatic carbocycles. The molecule has 0 aliphatic rings. The first-order valence-electron chi connectivity index (χ1n) is 8.24. The number of rotatable bonds is 8. The van der Waals surface area contributed by atoms with E-state index in [1.165, 1.54) is 22.9 Å². The van der Waals surface area contributed by atoms with Gasteiger partial charge in [-0.1, -0.05) is 17.7 Å². The second-order valence-electron chi connectivity index (χ2n) is 5.87. The van der Waals surface area contributed by atoms with Crippen LogP contribution in [0.2, 0.25) is 0 Å². The first kappa shape index (κ1) is 20.0. The molecule has 0 saturated heterocycles. The first-order chi connectivity index (χ1) is 12.5. The van der Waals surface area contributed by atoms with Gasteiger partial charge in [0.25, 0.3) is 0 Å². The summed E-state index contributed by atoms with van der Waals surface area (Å²) >= 11 is 1.54. The fourth-order valence-corrected chi connectivity index (χ4v) is 3.43. The summed E-state index contributed by atoms with van der Waals surface area (Å²) in [6, 6.07) is 9.90. The monoisotopic (exact) mass is 375 g/mol. The molecule has 2 rings (SSSR count). The van der Waals surface area contributed by atoms with Crippen LogP contribution in [0.4, 0.5) is 0 Å². The summed E-state index contributed by atoms with van der Waals surface area (Å²) in [6.07, 6.45) is 0. The van der Waals surface area contributed by atoms with Gasteiger partial charge in [0.05, 0.1) is 27.1 Å². The third-order valence-corrected chi connectivity index (χ3v) is 5.08. The zero-order valence-electron chi connectivity index (χ0n) is 15.8. The van der Waals surface area contributed by atoms with Crippen LogP contribution in [-0.4, -0.2) is 33.0 Å². The molecular formula is C20H25NO4S. The second kappa shape index (κ2) is 9.38. The lowest BCUT2D eigenvalue weighted by Gasteiger charge is -2.14. The van der Waals surface area contributed by atoms with Crippen LogP contribution >= 0.6 is 11.8 Å². The van der Waals surface area contributed by atoms with Crippen molar-refractivity contribution in [3.8, 4) is 17.2 Å². The number of benzene rings is 2. The van der Waals surface area contributed by atoms with Gasteiger partial charge in [-0.3, -0.25) is 4.79 Å². The highest BCUT2D eigenvalue weighted by Crippen LogP contribution is 2.38. The number of nitrogens with one attached hydrogen (secondary N) is 1. The van der Waals surface area contributed by atoms with Crippen LogP contribution in [0.15, 0.2) is 35.2 Å². The molecule has 0 saturated carbocycles. The average molecular weight is 375 g/mol. The highest BCUT2D eigenvalue weighted by molar-refractivity contribution is 8.00.